The quantitative estimate of drug-likeness (QED) is 0.0675. The second-order valence-electron chi connectivity index (χ2n) is 20.4. The lowest BCUT2D eigenvalue weighted by Gasteiger charge is -2.12. The molecule has 0 fully saturated rings. The van der Waals surface area contributed by atoms with Crippen LogP contribution in [0.15, 0.2) is 170 Å². The Morgan fingerprint density at radius 2 is 0.681 bits per heavy atom. The maximum atomic E-state index is 2.57. The second-order valence-corrected chi connectivity index (χ2v) is 20.4. The average Bonchev–Trinajstić information content (AvgIpc) is 4.02. The van der Waals surface area contributed by atoms with E-state index in [2.05, 4.69) is 193 Å². The lowest BCUT2D eigenvalue weighted by molar-refractivity contribution is 0.593. The van der Waals surface area contributed by atoms with Crippen molar-refractivity contribution in [3.8, 4) is 22.5 Å². The minimum Gasteiger partial charge on any atom is -0.309 e. The molecule has 0 N–H and O–H groups in total. The normalized spacial score (nSPS) is 12.2. The SMILES string of the molecule is Cc1cc2c(cc1CCCCCCCCc1ccc3c(c1)c1ccccc1n3-c1ccccc1)-c1cc(CCCCCCCCc3ccc4c(c3)c3ccccc3n4-c3ccccc3)c(C)cc1C2. The van der Waals surface area contributed by atoms with Gasteiger partial charge in [-0.15, -0.1) is 0 Å². The van der Waals surface area contributed by atoms with Crippen molar-refractivity contribution in [3.63, 3.8) is 0 Å². The Kier molecular flexibility index (Phi) is 13.3. The van der Waals surface area contributed by atoms with E-state index in [1.165, 1.54) is 189 Å². The maximum Gasteiger partial charge on any atom is 0.0541 e. The number of hydrogen-bond donors (Lipinski definition) is 0. The topological polar surface area (TPSA) is 9.86 Å². The van der Waals surface area contributed by atoms with Crippen LogP contribution in [0, 0.1) is 13.8 Å². The zero-order valence-electron chi connectivity index (χ0n) is 41.1. The molecule has 0 unspecified atom stereocenters. The molecular formula is C67H68N2. The van der Waals surface area contributed by atoms with Crippen molar-refractivity contribution in [1.29, 1.82) is 0 Å². The third-order valence-electron chi connectivity index (χ3n) is 15.6. The fourth-order valence-corrected chi connectivity index (χ4v) is 11.9. The van der Waals surface area contributed by atoms with Gasteiger partial charge in [-0.1, -0.05) is 161 Å². The third-order valence-corrected chi connectivity index (χ3v) is 15.6. The van der Waals surface area contributed by atoms with E-state index in [9.17, 15) is 0 Å². The van der Waals surface area contributed by atoms with E-state index in [0.29, 0.717) is 0 Å². The van der Waals surface area contributed by atoms with Crippen LogP contribution in [-0.2, 0) is 32.1 Å². The molecule has 2 heterocycles. The lowest BCUT2D eigenvalue weighted by Crippen LogP contribution is -1.95. The number of rotatable bonds is 20. The van der Waals surface area contributed by atoms with Crippen LogP contribution in [0.5, 0.6) is 0 Å². The van der Waals surface area contributed by atoms with Gasteiger partial charge < -0.3 is 9.13 Å². The van der Waals surface area contributed by atoms with Crippen LogP contribution in [0.1, 0.15) is 122 Å². The van der Waals surface area contributed by atoms with Gasteiger partial charge in [-0.05, 0) is 188 Å². The molecule has 2 nitrogen and oxygen atoms in total. The maximum absolute atomic E-state index is 2.57. The van der Waals surface area contributed by atoms with E-state index >= 15 is 0 Å². The van der Waals surface area contributed by atoms with Crippen LogP contribution >= 0.6 is 0 Å². The van der Waals surface area contributed by atoms with Crippen molar-refractivity contribution in [3.05, 3.63) is 214 Å². The fourth-order valence-electron chi connectivity index (χ4n) is 11.9. The van der Waals surface area contributed by atoms with Gasteiger partial charge in [0.15, 0.2) is 0 Å². The first kappa shape index (κ1) is 44.8. The monoisotopic (exact) mass is 901 g/mol. The minimum absolute atomic E-state index is 1.09. The fraction of sp³-hybridized carbons (Fsp3) is 0.284. The van der Waals surface area contributed by atoms with Gasteiger partial charge in [-0.2, -0.15) is 0 Å². The van der Waals surface area contributed by atoms with E-state index in [-0.39, 0.29) is 0 Å². The molecule has 8 aromatic carbocycles. The number of aromatic nitrogens is 2. The Hall–Kier alpha value is -6.64. The molecule has 0 radical (unpaired) electrons. The van der Waals surface area contributed by atoms with E-state index in [1.54, 1.807) is 11.1 Å². The van der Waals surface area contributed by atoms with Gasteiger partial charge in [0.1, 0.15) is 0 Å². The van der Waals surface area contributed by atoms with Gasteiger partial charge in [-0.3, -0.25) is 0 Å². The summed E-state index contributed by atoms with van der Waals surface area (Å²) in [5.41, 5.74) is 22.7. The van der Waals surface area contributed by atoms with Gasteiger partial charge in [-0.25, -0.2) is 0 Å². The van der Waals surface area contributed by atoms with Crippen LogP contribution in [-0.4, -0.2) is 9.13 Å². The molecule has 0 spiro atoms. The Balaban J connectivity index is 0.616. The van der Waals surface area contributed by atoms with Crippen LogP contribution in [0.3, 0.4) is 0 Å². The summed E-state index contributed by atoms with van der Waals surface area (Å²) in [6.07, 6.45) is 21.4. The lowest BCUT2D eigenvalue weighted by atomic mass is 9.93. The van der Waals surface area contributed by atoms with Crippen molar-refractivity contribution in [2.45, 2.75) is 123 Å². The van der Waals surface area contributed by atoms with Gasteiger partial charge in [0.25, 0.3) is 0 Å². The van der Waals surface area contributed by atoms with E-state index < -0.39 is 0 Å². The van der Waals surface area contributed by atoms with Crippen LogP contribution in [0.2, 0.25) is 0 Å². The Bertz CT molecular complexity index is 3160. The molecule has 0 aliphatic heterocycles. The summed E-state index contributed by atoms with van der Waals surface area (Å²) in [6.45, 7) is 4.69. The number of fused-ring (bicyclic) bond motifs is 9. The average molecular weight is 901 g/mol. The first-order valence-corrected chi connectivity index (χ1v) is 26.5. The van der Waals surface area contributed by atoms with Crippen molar-refractivity contribution in [1.82, 2.24) is 9.13 Å². The molecule has 0 saturated heterocycles. The zero-order chi connectivity index (χ0) is 46.5. The summed E-state index contributed by atoms with van der Waals surface area (Å²) < 4.78 is 4.82. The highest BCUT2D eigenvalue weighted by molar-refractivity contribution is 6.10. The molecule has 0 bridgehead atoms. The first-order chi connectivity index (χ1) is 34.1. The molecule has 1 aliphatic carbocycles. The number of benzene rings is 8. The summed E-state index contributed by atoms with van der Waals surface area (Å²) in [7, 11) is 0. The Morgan fingerprint density at radius 3 is 1.12 bits per heavy atom. The summed E-state index contributed by atoms with van der Waals surface area (Å²) in [4.78, 5) is 0. The molecule has 11 rings (SSSR count). The van der Waals surface area contributed by atoms with Gasteiger partial charge in [0.2, 0.25) is 0 Å². The molecule has 69 heavy (non-hydrogen) atoms. The highest BCUT2D eigenvalue weighted by Gasteiger charge is 2.22. The second kappa shape index (κ2) is 20.5. The number of hydrogen-bond acceptors (Lipinski definition) is 0. The highest BCUT2D eigenvalue weighted by atomic mass is 15.0. The van der Waals surface area contributed by atoms with Crippen molar-refractivity contribution in [2.75, 3.05) is 0 Å². The number of unbranched alkanes of at least 4 members (excludes halogenated alkanes) is 10. The van der Waals surface area contributed by atoms with Crippen LogP contribution in [0.25, 0.3) is 66.1 Å². The molecule has 1 aliphatic rings. The molecule has 346 valence electrons. The van der Waals surface area contributed by atoms with Crippen molar-refractivity contribution < 1.29 is 0 Å². The summed E-state index contributed by atoms with van der Waals surface area (Å²) >= 11 is 0. The Morgan fingerprint density at radius 1 is 0.319 bits per heavy atom. The van der Waals surface area contributed by atoms with Crippen molar-refractivity contribution >= 4 is 43.6 Å². The molecular weight excluding hydrogens is 833 g/mol. The van der Waals surface area contributed by atoms with Gasteiger partial charge >= 0.3 is 0 Å². The summed E-state index contributed by atoms with van der Waals surface area (Å²) in [6, 6.07) is 63.8. The van der Waals surface area contributed by atoms with Crippen LogP contribution in [0.4, 0.5) is 0 Å². The number of aryl methyl sites for hydroxylation is 6. The molecule has 0 saturated carbocycles. The van der Waals surface area contributed by atoms with Gasteiger partial charge in [0.05, 0.1) is 22.1 Å². The van der Waals surface area contributed by atoms with Crippen LogP contribution < -0.4 is 0 Å². The van der Waals surface area contributed by atoms with E-state index in [4.69, 9.17) is 0 Å². The minimum atomic E-state index is 1.09. The van der Waals surface area contributed by atoms with Gasteiger partial charge in [0, 0.05) is 32.9 Å². The molecule has 0 atom stereocenters. The molecule has 10 aromatic rings. The highest BCUT2D eigenvalue weighted by Crippen LogP contribution is 2.41. The first-order valence-electron chi connectivity index (χ1n) is 26.5. The molecule has 2 heteroatoms. The predicted molar refractivity (Wildman–Crippen MR) is 296 cm³/mol. The standard InChI is InChI=1S/C67H68N2/c1-48-41-54-45-55-42-49(2)53(28-16-10-6-4-8-14-26-51-38-40-67-63(44-51)59-34-22-24-36-65(59)69(67)57-31-19-12-20-32-57)47-61(55)60(54)46-52(48)27-15-9-5-3-7-13-25-50-37-39-66-62(43-50)58-33-21-23-35-64(58)68(66)56-29-17-11-18-30-56/h11-12,17-24,29-44,46-47H,3-10,13-16,25-28,45H2,1-2H3. The predicted octanol–water partition coefficient (Wildman–Crippen LogP) is 18.3. The Labute approximate surface area is 410 Å². The summed E-state index contributed by atoms with van der Waals surface area (Å²) in [5.74, 6) is 0. The summed E-state index contributed by atoms with van der Waals surface area (Å²) in [5, 5.41) is 5.42. The third kappa shape index (κ3) is 9.44. The number of nitrogens with zero attached hydrogens (tertiary/aromatic N) is 2. The molecule has 2 aromatic heterocycles. The molecule has 0 amide bonds. The number of para-hydroxylation sites is 4. The van der Waals surface area contributed by atoms with E-state index in [1.807, 2.05) is 0 Å². The van der Waals surface area contributed by atoms with Crippen molar-refractivity contribution in [2.24, 2.45) is 0 Å². The zero-order valence-corrected chi connectivity index (χ0v) is 41.1. The smallest absolute Gasteiger partial charge is 0.0541 e. The largest absolute Gasteiger partial charge is 0.309 e. The van der Waals surface area contributed by atoms with E-state index in [0.717, 1.165) is 19.3 Å².